The number of fused-ring (bicyclic) bond motifs is 1. The van der Waals surface area contributed by atoms with Gasteiger partial charge in [-0.3, -0.25) is 9.36 Å². The molecule has 1 aromatic heterocycles. The van der Waals surface area contributed by atoms with Crippen molar-refractivity contribution < 1.29 is 19.0 Å². The van der Waals surface area contributed by atoms with Gasteiger partial charge in [-0.1, -0.05) is 99.5 Å². The molecule has 0 spiro atoms. The molecule has 244 valence electrons. The summed E-state index contributed by atoms with van der Waals surface area (Å²) < 4.78 is 21.3. The third-order valence-corrected chi connectivity index (χ3v) is 10.1. The fourth-order valence-electron chi connectivity index (χ4n) is 5.42. The molecule has 0 amide bonds. The average molecular weight is 856 g/mol. The van der Waals surface area contributed by atoms with Crippen LogP contribution in [0.25, 0.3) is 11.8 Å². The molecule has 0 radical (unpaired) electrons. The molecular weight excluding hydrogens is 827 g/mol. The number of thiazole rings is 1. The van der Waals surface area contributed by atoms with Crippen LogP contribution in [0.1, 0.15) is 42.1 Å². The number of hydrogen-bond donors (Lipinski definition) is 0. The Labute approximate surface area is 308 Å². The first-order chi connectivity index (χ1) is 23.3. The van der Waals surface area contributed by atoms with Crippen molar-refractivity contribution in [2.24, 2.45) is 4.99 Å². The minimum atomic E-state index is -0.799. The summed E-state index contributed by atoms with van der Waals surface area (Å²) in [7, 11) is 0. The van der Waals surface area contributed by atoms with E-state index in [1.807, 2.05) is 104 Å². The number of carbonyl (C=O) groups excluding carboxylic acids is 1. The van der Waals surface area contributed by atoms with Crippen LogP contribution in [0.5, 0.6) is 11.5 Å². The van der Waals surface area contributed by atoms with Crippen molar-refractivity contribution in [1.82, 2.24) is 4.57 Å². The summed E-state index contributed by atoms with van der Waals surface area (Å²) in [5.41, 5.74) is 3.46. The molecule has 0 bridgehead atoms. The number of ether oxygens (including phenoxy) is 3. The van der Waals surface area contributed by atoms with E-state index in [4.69, 9.17) is 30.8 Å². The molecule has 0 aliphatic carbocycles. The number of aromatic nitrogens is 1. The van der Waals surface area contributed by atoms with E-state index in [0.29, 0.717) is 43.7 Å². The highest BCUT2D eigenvalue weighted by Crippen LogP contribution is 2.36. The number of nitrogens with zero attached hydrogens (tertiary/aromatic N) is 2. The van der Waals surface area contributed by atoms with E-state index in [0.717, 1.165) is 24.7 Å². The summed E-state index contributed by atoms with van der Waals surface area (Å²) >= 11 is 13.5. The molecule has 11 heteroatoms. The Bertz CT molecular complexity index is 2200. The molecule has 0 saturated carbocycles. The molecule has 6 rings (SSSR count). The van der Waals surface area contributed by atoms with Crippen molar-refractivity contribution >= 4 is 79.2 Å². The van der Waals surface area contributed by atoms with Gasteiger partial charge in [0.05, 0.1) is 38.6 Å². The molecule has 48 heavy (non-hydrogen) atoms. The summed E-state index contributed by atoms with van der Waals surface area (Å²) in [6.45, 7) is 4.61. The largest absolute Gasteiger partial charge is 0.494 e. The Kier molecular flexibility index (Phi) is 10.8. The summed E-state index contributed by atoms with van der Waals surface area (Å²) in [6, 6.07) is 27.5. The summed E-state index contributed by atoms with van der Waals surface area (Å²) in [5, 5.41) is 0.611. The second-order valence-corrected chi connectivity index (χ2v) is 14.1. The smallest absolute Gasteiger partial charge is 0.338 e. The third kappa shape index (κ3) is 7.17. The molecule has 4 aromatic carbocycles. The lowest BCUT2D eigenvalue weighted by molar-refractivity contribution is -0.138. The molecule has 0 N–H and O–H groups in total. The van der Waals surface area contributed by atoms with E-state index >= 15 is 0 Å². The molecular formula is C37H29BrClIN2O5S. The lowest BCUT2D eigenvalue weighted by atomic mass is 9.93. The molecule has 0 unspecified atom stereocenters. The van der Waals surface area contributed by atoms with Crippen molar-refractivity contribution in [3.63, 3.8) is 0 Å². The van der Waals surface area contributed by atoms with Crippen molar-refractivity contribution in [3.05, 3.63) is 152 Å². The van der Waals surface area contributed by atoms with Crippen LogP contribution in [0.15, 0.2) is 111 Å². The topological polar surface area (TPSA) is 79.1 Å². The summed E-state index contributed by atoms with van der Waals surface area (Å²) in [4.78, 5) is 33.6. The van der Waals surface area contributed by atoms with Crippen LogP contribution in [-0.4, -0.2) is 23.8 Å². The van der Waals surface area contributed by atoms with Gasteiger partial charge in [-0.25, -0.2) is 9.79 Å². The highest BCUT2D eigenvalue weighted by Gasteiger charge is 2.35. The fourth-order valence-corrected chi connectivity index (χ4v) is 8.30. The Morgan fingerprint density at radius 2 is 1.73 bits per heavy atom. The molecule has 1 aliphatic rings. The van der Waals surface area contributed by atoms with E-state index in [9.17, 15) is 9.59 Å². The van der Waals surface area contributed by atoms with Crippen LogP contribution in [0, 0.1) is 3.57 Å². The quantitative estimate of drug-likeness (QED) is 0.105. The van der Waals surface area contributed by atoms with Crippen LogP contribution in [0.2, 0.25) is 5.02 Å². The lowest BCUT2D eigenvalue weighted by Crippen LogP contribution is -2.40. The fraction of sp³-hybridized carbons (Fsp3) is 0.162. The van der Waals surface area contributed by atoms with Crippen molar-refractivity contribution in [2.45, 2.75) is 26.5 Å². The first-order valence-electron chi connectivity index (χ1n) is 15.2. The Balaban J connectivity index is 1.56. The van der Waals surface area contributed by atoms with Crippen LogP contribution >= 0.6 is 61.5 Å². The van der Waals surface area contributed by atoms with Gasteiger partial charge < -0.3 is 14.2 Å². The second-order valence-electron chi connectivity index (χ2n) is 10.6. The predicted molar refractivity (Wildman–Crippen MR) is 201 cm³/mol. The van der Waals surface area contributed by atoms with Gasteiger partial charge >= 0.3 is 5.97 Å². The van der Waals surface area contributed by atoms with Gasteiger partial charge in [0.1, 0.15) is 18.1 Å². The van der Waals surface area contributed by atoms with Crippen molar-refractivity contribution in [2.75, 3.05) is 13.2 Å². The van der Waals surface area contributed by atoms with Crippen LogP contribution < -0.4 is 24.4 Å². The van der Waals surface area contributed by atoms with Gasteiger partial charge in [0.25, 0.3) is 5.56 Å². The van der Waals surface area contributed by atoms with Gasteiger partial charge in [0, 0.05) is 26.2 Å². The maximum Gasteiger partial charge on any atom is 0.338 e. The molecule has 5 aromatic rings. The first kappa shape index (κ1) is 34.2. The van der Waals surface area contributed by atoms with Crippen LogP contribution in [0.4, 0.5) is 0 Å². The molecule has 0 saturated heterocycles. The first-order valence-corrected chi connectivity index (χ1v) is 18.2. The number of rotatable bonds is 10. The number of halogens is 3. The monoisotopic (exact) mass is 854 g/mol. The van der Waals surface area contributed by atoms with Crippen molar-refractivity contribution in [1.29, 1.82) is 0 Å². The number of esters is 1. The minimum absolute atomic E-state index is 0.170. The van der Waals surface area contributed by atoms with E-state index in [1.54, 1.807) is 11.5 Å². The molecule has 1 atom stereocenters. The Morgan fingerprint density at radius 1 is 1.00 bits per heavy atom. The zero-order valence-corrected chi connectivity index (χ0v) is 31.2. The second kappa shape index (κ2) is 15.2. The standard InChI is InChI=1S/C37H29BrClIN2O5S/c1-3-45-27-16-14-23(15-17-27)33-31(36(44)46-4-2)32(22-10-6-5-7-11-22)41-37-42(33)35(43)30(48-37)19-25-18-26(38)20-29(40)34(25)47-21-24-12-8-9-13-28(24)39/h5-20,33H,3-4,21H2,1-2H3/b30-19-/t33-/m1/s1. The van der Waals surface area contributed by atoms with Gasteiger partial charge in [-0.2, -0.15) is 0 Å². The van der Waals surface area contributed by atoms with Crippen LogP contribution in [0.3, 0.4) is 0 Å². The zero-order chi connectivity index (χ0) is 33.8. The Morgan fingerprint density at radius 3 is 2.44 bits per heavy atom. The van der Waals surface area contributed by atoms with Gasteiger partial charge in [-0.15, -0.1) is 0 Å². The summed E-state index contributed by atoms with van der Waals surface area (Å²) in [6.07, 6.45) is 1.81. The number of carbonyl (C=O) groups is 1. The van der Waals surface area contributed by atoms with Gasteiger partial charge in [0.15, 0.2) is 4.80 Å². The SMILES string of the molecule is CCOC(=O)C1=C(c2ccccc2)N=c2s/c(=C\c3cc(Br)cc(I)c3OCc3ccccc3Cl)c(=O)n2[C@@H]1c1ccc(OCC)cc1. The number of hydrogen-bond acceptors (Lipinski definition) is 7. The van der Waals surface area contributed by atoms with E-state index in [-0.39, 0.29) is 24.3 Å². The normalized spacial score (nSPS) is 14.4. The minimum Gasteiger partial charge on any atom is -0.494 e. The highest BCUT2D eigenvalue weighted by molar-refractivity contribution is 14.1. The molecule has 2 heterocycles. The number of benzene rings is 4. The Hall–Kier alpha value is -3.71. The summed E-state index contributed by atoms with van der Waals surface area (Å²) in [5.74, 6) is 0.766. The van der Waals surface area contributed by atoms with E-state index in [1.165, 1.54) is 11.3 Å². The van der Waals surface area contributed by atoms with E-state index < -0.39 is 12.0 Å². The predicted octanol–water partition coefficient (Wildman–Crippen LogP) is 7.93. The maximum absolute atomic E-state index is 14.5. The highest BCUT2D eigenvalue weighted by atomic mass is 127. The molecule has 0 fully saturated rings. The molecule has 1 aliphatic heterocycles. The van der Waals surface area contributed by atoms with Gasteiger partial charge in [-0.05, 0) is 78.4 Å². The van der Waals surface area contributed by atoms with Crippen molar-refractivity contribution in [3.8, 4) is 11.5 Å². The van der Waals surface area contributed by atoms with Gasteiger partial charge in [0.2, 0.25) is 0 Å². The lowest BCUT2D eigenvalue weighted by Gasteiger charge is -2.26. The molecule has 7 nitrogen and oxygen atoms in total. The zero-order valence-electron chi connectivity index (χ0n) is 25.9. The average Bonchev–Trinajstić information content (AvgIpc) is 3.39. The maximum atomic E-state index is 14.5. The van der Waals surface area contributed by atoms with E-state index in [2.05, 4.69) is 38.5 Å². The van der Waals surface area contributed by atoms with Crippen LogP contribution in [-0.2, 0) is 16.1 Å². The third-order valence-electron chi connectivity index (χ3n) is 7.53.